The fourth-order valence-corrected chi connectivity index (χ4v) is 0.765. The van der Waals surface area contributed by atoms with Crippen LogP contribution in [-0.2, 0) is 6.50 Å². The lowest BCUT2D eigenvalue weighted by molar-refractivity contribution is 0.611. The van der Waals surface area contributed by atoms with E-state index in [-0.39, 0.29) is 10.6 Å². The summed E-state index contributed by atoms with van der Waals surface area (Å²) in [5.41, 5.74) is 4.87. The Morgan fingerprint density at radius 2 is 2.40 bits per heavy atom. The normalized spacial score (nSPS) is 14.3. The van der Waals surface area contributed by atoms with Gasteiger partial charge in [0.1, 0.15) is 5.82 Å². The quantitative estimate of drug-likeness (QED) is 0.670. The number of nitrogens with two attached hydrogens (primary N) is 1. The summed E-state index contributed by atoms with van der Waals surface area (Å²) in [5.74, 6) is -0.727. The lowest BCUT2D eigenvalue weighted by Gasteiger charge is -1.97. The molecule has 1 aromatic carbocycles. The van der Waals surface area contributed by atoms with Crippen LogP contribution in [0.5, 0.6) is 0 Å². The minimum absolute atomic E-state index is 0.188. The molecule has 0 aliphatic carbocycles. The van der Waals surface area contributed by atoms with Crippen LogP contribution in [0.3, 0.4) is 0 Å². The molecule has 0 heterocycles. The molecule has 0 radical (unpaired) electrons. The van der Waals surface area contributed by atoms with E-state index in [0.717, 1.165) is 6.07 Å². The van der Waals surface area contributed by atoms with E-state index in [0.29, 0.717) is 0 Å². The molecular weight excluding hydrogens is 153 g/mol. The van der Waals surface area contributed by atoms with Gasteiger partial charge in [0.05, 0.1) is 0 Å². The summed E-state index contributed by atoms with van der Waals surface area (Å²) in [6.07, 6.45) is 0. The van der Waals surface area contributed by atoms with Gasteiger partial charge in [0.2, 0.25) is 0 Å². The van der Waals surface area contributed by atoms with Crippen molar-refractivity contribution in [1.29, 1.82) is 0 Å². The van der Waals surface area contributed by atoms with E-state index in [9.17, 15) is 4.39 Å². The summed E-state index contributed by atoms with van der Waals surface area (Å²) >= 11 is 5.46. The maximum atomic E-state index is 12.9. The first-order chi connectivity index (χ1) is 5.41. The van der Waals surface area contributed by atoms with E-state index in [1.165, 1.54) is 12.1 Å². The number of halogens is 2. The predicted molar refractivity (Wildman–Crippen MR) is 39.3 cm³/mol. The average Bonchev–Trinajstić information content (AvgIpc) is 1.83. The molecule has 0 aliphatic rings. The smallest absolute Gasteiger partial charge is 0.129 e. The molecule has 10 heavy (non-hydrogen) atoms. The van der Waals surface area contributed by atoms with E-state index < -0.39 is 12.3 Å². The summed E-state index contributed by atoms with van der Waals surface area (Å²) in [7, 11) is 0. The summed E-state index contributed by atoms with van der Waals surface area (Å²) in [6, 6.07) is 3.66. The van der Waals surface area contributed by atoms with Gasteiger partial charge >= 0.3 is 0 Å². The second kappa shape index (κ2) is 2.99. The van der Waals surface area contributed by atoms with Crippen molar-refractivity contribution in [3.63, 3.8) is 0 Å². The van der Waals surface area contributed by atoms with Crippen LogP contribution in [0.4, 0.5) is 4.39 Å². The van der Waals surface area contributed by atoms with Crippen molar-refractivity contribution in [1.82, 2.24) is 0 Å². The molecule has 0 bridgehead atoms. The van der Waals surface area contributed by atoms with Crippen LogP contribution < -0.4 is 5.73 Å². The third-order valence-corrected chi connectivity index (χ3v) is 1.32. The van der Waals surface area contributed by atoms with Gasteiger partial charge in [-0.2, -0.15) is 0 Å². The second-order valence-electron chi connectivity index (χ2n) is 1.77. The Labute approximate surface area is 66.4 Å². The molecule has 0 atom stereocenters. The molecule has 0 aromatic heterocycles. The Bertz CT molecular complexity index is 298. The lowest BCUT2D eigenvalue weighted by atomic mass is 10.2. The highest BCUT2D eigenvalue weighted by Crippen LogP contribution is 2.13. The summed E-state index contributed by atoms with van der Waals surface area (Å²) < 4.78 is 27.0. The molecule has 0 saturated heterocycles. The highest BCUT2D eigenvalue weighted by Gasteiger charge is 1.98. The van der Waals surface area contributed by atoms with Crippen molar-refractivity contribution in [2.24, 2.45) is 5.73 Å². The Morgan fingerprint density at radius 1 is 1.70 bits per heavy atom. The van der Waals surface area contributed by atoms with Crippen molar-refractivity contribution in [3.05, 3.63) is 34.6 Å². The van der Waals surface area contributed by atoms with E-state index in [2.05, 4.69) is 0 Å². The van der Waals surface area contributed by atoms with Crippen LogP contribution >= 0.6 is 11.6 Å². The number of hydrogen-bond donors (Lipinski definition) is 1. The second-order valence-corrected chi connectivity index (χ2v) is 2.20. The van der Waals surface area contributed by atoms with Gasteiger partial charge in [-0.1, -0.05) is 17.7 Å². The van der Waals surface area contributed by atoms with Gasteiger partial charge in [0, 0.05) is 19.8 Å². The van der Waals surface area contributed by atoms with Gasteiger partial charge < -0.3 is 5.73 Å². The number of hydrogen-bond acceptors (Lipinski definition) is 1. The Morgan fingerprint density at radius 3 is 2.90 bits per heavy atom. The highest BCUT2D eigenvalue weighted by atomic mass is 35.5. The Balaban J connectivity index is 3.19. The van der Waals surface area contributed by atoms with Crippen molar-refractivity contribution >= 4 is 11.6 Å². The van der Waals surface area contributed by atoms with Crippen molar-refractivity contribution < 1.29 is 7.13 Å². The average molecular weight is 162 g/mol. The van der Waals surface area contributed by atoms with Crippen molar-refractivity contribution in [2.75, 3.05) is 0 Å². The van der Waals surface area contributed by atoms with Crippen LogP contribution in [0.1, 0.15) is 8.30 Å². The minimum Gasteiger partial charge on any atom is -0.326 e. The molecule has 0 fully saturated rings. The van der Waals surface area contributed by atoms with Gasteiger partial charge in [-0.25, -0.2) is 4.39 Å². The van der Waals surface area contributed by atoms with Crippen LogP contribution in [0, 0.1) is 5.82 Å². The SMILES string of the molecule is [2H]C([2H])(N)c1ccc(Cl)cc1F. The molecule has 2 N–H and O–H groups in total. The zero-order valence-corrected chi connectivity index (χ0v) is 5.82. The third-order valence-electron chi connectivity index (χ3n) is 1.09. The molecule has 1 nitrogen and oxygen atoms in total. The maximum absolute atomic E-state index is 12.9. The van der Waals surface area contributed by atoms with Crippen LogP contribution in [0.15, 0.2) is 18.2 Å². The molecule has 1 aromatic rings. The monoisotopic (exact) mass is 161 g/mol. The molecular formula is C7H7ClFN. The van der Waals surface area contributed by atoms with E-state index in [4.69, 9.17) is 20.1 Å². The molecule has 0 spiro atoms. The maximum Gasteiger partial charge on any atom is 0.129 e. The van der Waals surface area contributed by atoms with Crippen LogP contribution in [0.25, 0.3) is 0 Å². The Hall–Kier alpha value is -0.600. The molecule has 0 amide bonds. The summed E-state index contributed by atoms with van der Waals surface area (Å²) in [6.45, 7) is -2.16. The fraction of sp³-hybridized carbons (Fsp3) is 0.143. The minimum atomic E-state index is -2.16. The third kappa shape index (κ3) is 1.46. The fourth-order valence-electron chi connectivity index (χ4n) is 0.607. The molecule has 54 valence electrons. The zero-order valence-electron chi connectivity index (χ0n) is 7.07. The molecule has 3 heteroatoms. The first-order valence-electron chi connectivity index (χ1n) is 3.65. The predicted octanol–water partition coefficient (Wildman–Crippen LogP) is 1.94. The topological polar surface area (TPSA) is 26.0 Å². The zero-order chi connectivity index (χ0) is 9.35. The van der Waals surface area contributed by atoms with Gasteiger partial charge in [-0.05, 0) is 12.1 Å². The Kier molecular flexibility index (Phi) is 1.53. The molecule has 0 unspecified atom stereocenters. The summed E-state index contributed by atoms with van der Waals surface area (Å²) in [5, 5.41) is 0.223. The largest absolute Gasteiger partial charge is 0.326 e. The van der Waals surface area contributed by atoms with E-state index in [1.54, 1.807) is 0 Å². The van der Waals surface area contributed by atoms with Gasteiger partial charge in [0.15, 0.2) is 0 Å². The van der Waals surface area contributed by atoms with Gasteiger partial charge in [0.25, 0.3) is 0 Å². The van der Waals surface area contributed by atoms with Crippen molar-refractivity contribution in [2.45, 2.75) is 6.50 Å². The van der Waals surface area contributed by atoms with E-state index in [1.807, 2.05) is 0 Å². The van der Waals surface area contributed by atoms with Crippen molar-refractivity contribution in [3.8, 4) is 0 Å². The summed E-state index contributed by atoms with van der Waals surface area (Å²) in [4.78, 5) is 0. The van der Waals surface area contributed by atoms with Gasteiger partial charge in [-0.3, -0.25) is 0 Å². The lowest BCUT2D eigenvalue weighted by Crippen LogP contribution is -1.98. The van der Waals surface area contributed by atoms with Crippen LogP contribution in [0.2, 0.25) is 5.02 Å². The standard InChI is InChI=1S/C7H7ClFN/c8-6-2-1-5(4-10)7(9)3-6/h1-3H,4,10H2/i4D2. The van der Waals surface area contributed by atoms with Gasteiger partial charge in [-0.15, -0.1) is 0 Å². The molecule has 0 aliphatic heterocycles. The molecule has 0 saturated carbocycles. The number of benzene rings is 1. The van der Waals surface area contributed by atoms with E-state index >= 15 is 0 Å². The first-order valence-corrected chi connectivity index (χ1v) is 3.03. The first kappa shape index (κ1) is 5.10. The van der Waals surface area contributed by atoms with Crippen LogP contribution in [-0.4, -0.2) is 0 Å². The number of rotatable bonds is 1. The molecule has 1 rings (SSSR count). The highest BCUT2D eigenvalue weighted by molar-refractivity contribution is 6.30.